The molecule has 0 aliphatic rings. The minimum atomic E-state index is -0.230. The maximum Gasteiger partial charge on any atom is 0.174 e. The third-order valence-corrected chi connectivity index (χ3v) is 1.82. The van der Waals surface area contributed by atoms with E-state index >= 15 is 0 Å². The van der Waals surface area contributed by atoms with Crippen LogP contribution in [0.2, 0.25) is 0 Å². The lowest BCUT2D eigenvalue weighted by Crippen LogP contribution is -2.43. The van der Waals surface area contributed by atoms with Crippen molar-refractivity contribution < 1.29 is 9.47 Å². The van der Waals surface area contributed by atoms with Crippen molar-refractivity contribution in [2.24, 2.45) is 0 Å². The largest absolute Gasteiger partial charge is 0.361 e. The summed E-state index contributed by atoms with van der Waals surface area (Å²) in [5.74, 6) is 0. The third-order valence-electron chi connectivity index (χ3n) is 1.55. The summed E-state index contributed by atoms with van der Waals surface area (Å²) in [6, 6.07) is 0.336. The Bertz CT molecular complexity index is 171. The average Bonchev–Trinajstić information content (AvgIpc) is 2.14. The summed E-state index contributed by atoms with van der Waals surface area (Å²) in [6.45, 7) is 9.80. The van der Waals surface area contributed by atoms with Gasteiger partial charge in [0.25, 0.3) is 0 Å². The smallest absolute Gasteiger partial charge is 0.174 e. The van der Waals surface area contributed by atoms with Crippen LogP contribution < -0.4 is 10.6 Å². The van der Waals surface area contributed by atoms with Crippen molar-refractivity contribution in [2.45, 2.75) is 40.0 Å². The van der Waals surface area contributed by atoms with E-state index in [1.54, 1.807) is 0 Å². The Morgan fingerprint density at radius 3 is 2.13 bits per heavy atom. The Labute approximate surface area is 97.7 Å². The molecule has 0 spiro atoms. The number of nitrogens with one attached hydrogen (secondary N) is 2. The molecule has 4 nitrogen and oxygen atoms in total. The predicted molar refractivity (Wildman–Crippen MR) is 65.9 cm³/mol. The lowest BCUT2D eigenvalue weighted by molar-refractivity contribution is -0.131. The monoisotopic (exact) mass is 234 g/mol. The normalized spacial score (nSPS) is 10.8. The summed E-state index contributed by atoms with van der Waals surface area (Å²) in [6.07, 6.45) is -0.230. The summed E-state index contributed by atoms with van der Waals surface area (Å²) >= 11 is 5.08. The molecule has 0 radical (unpaired) electrons. The lowest BCUT2D eigenvalue weighted by Gasteiger charge is -2.19. The number of thiocarbonyl (C=S) groups is 1. The molecule has 0 bridgehead atoms. The van der Waals surface area contributed by atoms with E-state index in [2.05, 4.69) is 10.6 Å². The van der Waals surface area contributed by atoms with Crippen molar-refractivity contribution in [3.63, 3.8) is 0 Å². The van der Waals surface area contributed by atoms with Crippen LogP contribution in [0.4, 0.5) is 0 Å². The van der Waals surface area contributed by atoms with Gasteiger partial charge in [0.1, 0.15) is 0 Å². The number of ether oxygens (including phenoxy) is 2. The molecular formula is C10H22N2O2S. The molecule has 0 aliphatic carbocycles. The molecule has 0 aromatic heterocycles. The molecule has 15 heavy (non-hydrogen) atoms. The van der Waals surface area contributed by atoms with E-state index in [1.165, 1.54) is 0 Å². The van der Waals surface area contributed by atoms with Crippen molar-refractivity contribution >= 4 is 17.3 Å². The zero-order valence-corrected chi connectivity index (χ0v) is 10.8. The summed E-state index contributed by atoms with van der Waals surface area (Å²) in [4.78, 5) is 0. The van der Waals surface area contributed by atoms with Crippen LogP contribution in [0.3, 0.4) is 0 Å². The van der Waals surface area contributed by atoms with Crippen LogP contribution in [0.5, 0.6) is 0 Å². The first-order valence-electron chi connectivity index (χ1n) is 5.37. The average molecular weight is 234 g/mol. The van der Waals surface area contributed by atoms with E-state index in [1.807, 2.05) is 27.7 Å². The first kappa shape index (κ1) is 14.6. The Hall–Kier alpha value is -0.390. The van der Waals surface area contributed by atoms with E-state index in [-0.39, 0.29) is 6.29 Å². The first-order valence-corrected chi connectivity index (χ1v) is 5.78. The summed E-state index contributed by atoms with van der Waals surface area (Å²) in [5.41, 5.74) is 0. The molecule has 0 fully saturated rings. The standard InChI is InChI=1S/C10H22N2O2S/c1-5-13-9(14-6-2)7-11-10(15)12-8(3)4/h8-9H,5-7H2,1-4H3,(H2,11,12,15). The quantitative estimate of drug-likeness (QED) is 0.513. The van der Waals surface area contributed by atoms with Gasteiger partial charge >= 0.3 is 0 Å². The second-order valence-corrected chi connectivity index (χ2v) is 3.76. The van der Waals surface area contributed by atoms with E-state index in [0.717, 1.165) is 0 Å². The number of rotatable bonds is 7. The van der Waals surface area contributed by atoms with Crippen LogP contribution in [-0.4, -0.2) is 37.2 Å². The molecule has 0 unspecified atom stereocenters. The molecule has 0 rings (SSSR count). The van der Waals surface area contributed by atoms with Gasteiger partial charge < -0.3 is 20.1 Å². The summed E-state index contributed by atoms with van der Waals surface area (Å²) in [5, 5.41) is 6.78. The highest BCUT2D eigenvalue weighted by Gasteiger charge is 2.08. The molecule has 2 N–H and O–H groups in total. The molecule has 0 atom stereocenters. The Morgan fingerprint density at radius 1 is 1.20 bits per heavy atom. The lowest BCUT2D eigenvalue weighted by atomic mass is 10.4. The van der Waals surface area contributed by atoms with Gasteiger partial charge in [0.05, 0.1) is 6.54 Å². The Kier molecular flexibility index (Phi) is 8.65. The van der Waals surface area contributed by atoms with E-state index < -0.39 is 0 Å². The molecule has 0 saturated heterocycles. The van der Waals surface area contributed by atoms with Crippen LogP contribution in [0.25, 0.3) is 0 Å². The Balaban J connectivity index is 3.72. The van der Waals surface area contributed by atoms with Gasteiger partial charge in [-0.1, -0.05) is 0 Å². The maximum atomic E-state index is 5.37. The minimum absolute atomic E-state index is 0.230. The van der Waals surface area contributed by atoms with Gasteiger partial charge in [-0.3, -0.25) is 0 Å². The van der Waals surface area contributed by atoms with Crippen LogP contribution in [0.15, 0.2) is 0 Å². The van der Waals surface area contributed by atoms with Gasteiger partial charge in [0.2, 0.25) is 0 Å². The Morgan fingerprint density at radius 2 is 1.73 bits per heavy atom. The fraction of sp³-hybridized carbons (Fsp3) is 0.900. The fourth-order valence-corrected chi connectivity index (χ4v) is 1.35. The van der Waals surface area contributed by atoms with Gasteiger partial charge in [0.15, 0.2) is 11.4 Å². The van der Waals surface area contributed by atoms with Crippen LogP contribution in [-0.2, 0) is 9.47 Å². The highest BCUT2D eigenvalue weighted by atomic mass is 32.1. The topological polar surface area (TPSA) is 42.5 Å². The zero-order valence-electron chi connectivity index (χ0n) is 10.0. The molecular weight excluding hydrogens is 212 g/mol. The van der Waals surface area contributed by atoms with Crippen LogP contribution in [0, 0.1) is 0 Å². The van der Waals surface area contributed by atoms with Crippen molar-refractivity contribution in [3.8, 4) is 0 Å². The molecule has 5 heteroatoms. The van der Waals surface area contributed by atoms with Crippen molar-refractivity contribution in [3.05, 3.63) is 0 Å². The minimum Gasteiger partial charge on any atom is -0.361 e. The van der Waals surface area contributed by atoms with Crippen molar-refractivity contribution in [1.29, 1.82) is 0 Å². The molecule has 0 saturated carbocycles. The van der Waals surface area contributed by atoms with E-state index in [0.29, 0.717) is 30.9 Å². The SMILES string of the molecule is CCOC(CNC(=S)NC(C)C)OCC. The first-order chi connectivity index (χ1) is 7.10. The van der Waals surface area contributed by atoms with Crippen molar-refractivity contribution in [2.75, 3.05) is 19.8 Å². The molecule has 0 amide bonds. The molecule has 90 valence electrons. The zero-order chi connectivity index (χ0) is 11.7. The second kappa shape index (κ2) is 8.88. The van der Waals surface area contributed by atoms with Gasteiger partial charge in [0, 0.05) is 19.3 Å². The van der Waals surface area contributed by atoms with E-state index in [4.69, 9.17) is 21.7 Å². The predicted octanol–water partition coefficient (Wildman–Crippen LogP) is 1.26. The summed E-state index contributed by atoms with van der Waals surface area (Å²) in [7, 11) is 0. The third kappa shape index (κ3) is 8.59. The fourth-order valence-electron chi connectivity index (χ4n) is 1.03. The maximum absolute atomic E-state index is 5.37. The highest BCUT2D eigenvalue weighted by Crippen LogP contribution is 1.93. The van der Waals surface area contributed by atoms with E-state index in [9.17, 15) is 0 Å². The molecule has 0 aromatic rings. The van der Waals surface area contributed by atoms with Crippen LogP contribution in [0.1, 0.15) is 27.7 Å². The molecule has 0 heterocycles. The molecule has 0 aliphatic heterocycles. The van der Waals surface area contributed by atoms with Crippen LogP contribution >= 0.6 is 12.2 Å². The number of hydrogen-bond acceptors (Lipinski definition) is 3. The molecule has 0 aromatic carbocycles. The van der Waals surface area contributed by atoms with Gasteiger partial charge in [-0.05, 0) is 39.9 Å². The highest BCUT2D eigenvalue weighted by molar-refractivity contribution is 7.80. The van der Waals surface area contributed by atoms with Gasteiger partial charge in [-0.25, -0.2) is 0 Å². The van der Waals surface area contributed by atoms with Gasteiger partial charge in [-0.2, -0.15) is 0 Å². The second-order valence-electron chi connectivity index (χ2n) is 3.35. The summed E-state index contributed by atoms with van der Waals surface area (Å²) < 4.78 is 10.7. The van der Waals surface area contributed by atoms with Crippen molar-refractivity contribution in [1.82, 2.24) is 10.6 Å². The van der Waals surface area contributed by atoms with Gasteiger partial charge in [-0.15, -0.1) is 0 Å². The number of hydrogen-bond donors (Lipinski definition) is 2.